The predicted molar refractivity (Wildman–Crippen MR) is 61.4 cm³/mol. The van der Waals surface area contributed by atoms with Gasteiger partial charge in [-0.3, -0.25) is 0 Å². The Hall–Kier alpha value is -1.40. The molecule has 2 aromatic rings. The zero-order valence-corrected chi connectivity index (χ0v) is 9.31. The SMILES string of the molecule is C=CS(=O)(=O)c1ccc2sc(N)nc2c1. The lowest BCUT2D eigenvalue weighted by molar-refractivity contribution is 0.605. The number of sulfone groups is 1. The Morgan fingerprint density at radius 3 is 2.87 bits per heavy atom. The molecule has 1 aromatic heterocycles. The van der Waals surface area contributed by atoms with Crippen LogP contribution < -0.4 is 5.73 Å². The molecule has 0 fully saturated rings. The van der Waals surface area contributed by atoms with Gasteiger partial charge in [-0.15, -0.1) is 0 Å². The number of nitrogen functional groups attached to an aromatic ring is 1. The zero-order chi connectivity index (χ0) is 11.1. The summed E-state index contributed by atoms with van der Waals surface area (Å²) in [6, 6.07) is 4.72. The molecule has 0 aliphatic rings. The molecule has 4 nitrogen and oxygen atoms in total. The van der Waals surface area contributed by atoms with E-state index in [1.165, 1.54) is 23.5 Å². The van der Waals surface area contributed by atoms with Crippen LogP contribution in [0.2, 0.25) is 0 Å². The molecule has 15 heavy (non-hydrogen) atoms. The van der Waals surface area contributed by atoms with Gasteiger partial charge >= 0.3 is 0 Å². The van der Waals surface area contributed by atoms with Crippen molar-refractivity contribution in [1.82, 2.24) is 4.98 Å². The lowest BCUT2D eigenvalue weighted by Crippen LogP contribution is -1.94. The average Bonchev–Trinajstić information content (AvgIpc) is 2.56. The first-order valence-electron chi connectivity index (χ1n) is 4.06. The second-order valence-corrected chi connectivity index (χ2v) is 5.85. The van der Waals surface area contributed by atoms with Gasteiger partial charge in [0.05, 0.1) is 15.1 Å². The summed E-state index contributed by atoms with van der Waals surface area (Å²) in [5, 5.41) is 1.35. The summed E-state index contributed by atoms with van der Waals surface area (Å²) in [6.45, 7) is 3.26. The molecule has 0 aliphatic heterocycles. The van der Waals surface area contributed by atoms with Gasteiger partial charge in [0.2, 0.25) is 0 Å². The van der Waals surface area contributed by atoms with Crippen LogP contribution in [-0.4, -0.2) is 13.4 Å². The molecule has 1 heterocycles. The van der Waals surface area contributed by atoms with E-state index in [4.69, 9.17) is 5.73 Å². The molecule has 0 bridgehead atoms. The lowest BCUT2D eigenvalue weighted by atomic mass is 10.3. The number of rotatable bonds is 2. The first-order chi connectivity index (χ1) is 7.03. The number of aromatic nitrogens is 1. The van der Waals surface area contributed by atoms with Gasteiger partial charge in [-0.2, -0.15) is 0 Å². The quantitative estimate of drug-likeness (QED) is 0.868. The number of nitrogens with two attached hydrogens (primary N) is 1. The highest BCUT2D eigenvalue weighted by atomic mass is 32.2. The summed E-state index contributed by atoms with van der Waals surface area (Å²) in [5.74, 6) is 0. The topological polar surface area (TPSA) is 73.0 Å². The van der Waals surface area contributed by atoms with Crippen LogP contribution in [0.3, 0.4) is 0 Å². The number of hydrogen-bond donors (Lipinski definition) is 1. The molecule has 0 aliphatic carbocycles. The van der Waals surface area contributed by atoms with Crippen LogP contribution >= 0.6 is 11.3 Å². The first-order valence-corrected chi connectivity index (χ1v) is 6.43. The first kappa shape index (κ1) is 10.1. The smallest absolute Gasteiger partial charge is 0.199 e. The summed E-state index contributed by atoms with van der Waals surface area (Å²) in [7, 11) is -3.39. The van der Waals surface area contributed by atoms with Crippen molar-refractivity contribution in [1.29, 1.82) is 0 Å². The Bertz CT molecular complexity index is 629. The van der Waals surface area contributed by atoms with Gasteiger partial charge in [0.25, 0.3) is 0 Å². The minimum absolute atomic E-state index is 0.190. The predicted octanol–water partition coefficient (Wildman–Crippen LogP) is 1.80. The Balaban J connectivity index is 2.71. The highest BCUT2D eigenvalue weighted by molar-refractivity contribution is 7.94. The van der Waals surface area contributed by atoms with Gasteiger partial charge in [0.1, 0.15) is 0 Å². The standard InChI is InChI=1S/C9H8N2O2S2/c1-2-15(12,13)6-3-4-8-7(5-6)11-9(10)14-8/h2-5H,1H2,(H2,10,11). The molecule has 0 spiro atoms. The maximum atomic E-state index is 11.5. The highest BCUT2D eigenvalue weighted by Gasteiger charge is 2.11. The van der Waals surface area contributed by atoms with Crippen LogP contribution in [0.1, 0.15) is 0 Å². The van der Waals surface area contributed by atoms with Crippen LogP contribution in [0.4, 0.5) is 5.13 Å². The van der Waals surface area contributed by atoms with Crippen molar-refractivity contribution in [3.8, 4) is 0 Å². The molecule has 0 saturated heterocycles. The Morgan fingerprint density at radius 1 is 1.47 bits per heavy atom. The van der Waals surface area contributed by atoms with Crippen molar-refractivity contribution in [2.45, 2.75) is 4.90 Å². The highest BCUT2D eigenvalue weighted by Crippen LogP contribution is 2.26. The van der Waals surface area contributed by atoms with Crippen molar-refractivity contribution >= 4 is 36.5 Å². The third kappa shape index (κ3) is 1.73. The lowest BCUT2D eigenvalue weighted by Gasteiger charge is -1.97. The molecule has 0 unspecified atom stereocenters. The van der Waals surface area contributed by atoms with Crippen LogP contribution in [0.15, 0.2) is 35.1 Å². The van der Waals surface area contributed by atoms with Gasteiger partial charge < -0.3 is 5.73 Å². The van der Waals surface area contributed by atoms with E-state index in [1.54, 1.807) is 6.07 Å². The number of nitrogens with zero attached hydrogens (tertiary/aromatic N) is 1. The van der Waals surface area contributed by atoms with Crippen LogP contribution in [0.25, 0.3) is 10.2 Å². The van der Waals surface area contributed by atoms with E-state index >= 15 is 0 Å². The summed E-state index contributed by atoms with van der Waals surface area (Å²) in [4.78, 5) is 4.21. The van der Waals surface area contributed by atoms with Crippen LogP contribution in [0.5, 0.6) is 0 Å². The Kier molecular flexibility index (Phi) is 2.24. The van der Waals surface area contributed by atoms with E-state index in [9.17, 15) is 8.42 Å². The third-order valence-corrected chi connectivity index (χ3v) is 4.14. The van der Waals surface area contributed by atoms with Gasteiger partial charge in [-0.1, -0.05) is 17.9 Å². The Morgan fingerprint density at radius 2 is 2.20 bits per heavy atom. The fourth-order valence-electron chi connectivity index (χ4n) is 1.20. The molecule has 0 saturated carbocycles. The van der Waals surface area contributed by atoms with Gasteiger partial charge in [0, 0.05) is 5.41 Å². The maximum absolute atomic E-state index is 11.5. The summed E-state index contributed by atoms with van der Waals surface area (Å²) >= 11 is 1.33. The third-order valence-electron chi connectivity index (χ3n) is 1.92. The van der Waals surface area contributed by atoms with E-state index in [1.807, 2.05) is 0 Å². The maximum Gasteiger partial charge on any atom is 0.199 e. The second-order valence-electron chi connectivity index (χ2n) is 2.89. The van der Waals surface area contributed by atoms with E-state index < -0.39 is 9.84 Å². The molecule has 78 valence electrons. The van der Waals surface area contributed by atoms with Gasteiger partial charge in [-0.05, 0) is 18.2 Å². The zero-order valence-electron chi connectivity index (χ0n) is 7.67. The molecular weight excluding hydrogens is 232 g/mol. The average molecular weight is 240 g/mol. The van der Waals surface area contributed by atoms with Crippen molar-refractivity contribution in [3.05, 3.63) is 30.2 Å². The Labute approximate surface area is 91.0 Å². The van der Waals surface area contributed by atoms with Crippen molar-refractivity contribution in [2.75, 3.05) is 5.73 Å². The normalized spacial score (nSPS) is 11.7. The monoisotopic (exact) mass is 240 g/mol. The van der Waals surface area contributed by atoms with E-state index in [2.05, 4.69) is 11.6 Å². The minimum atomic E-state index is -3.39. The number of benzene rings is 1. The molecular formula is C9H8N2O2S2. The molecule has 0 amide bonds. The van der Waals surface area contributed by atoms with Crippen LogP contribution in [-0.2, 0) is 9.84 Å². The van der Waals surface area contributed by atoms with Crippen molar-refractivity contribution < 1.29 is 8.42 Å². The molecule has 2 rings (SSSR count). The fraction of sp³-hybridized carbons (Fsp3) is 0. The summed E-state index contributed by atoms with van der Waals surface area (Å²) in [5.41, 5.74) is 6.12. The van der Waals surface area contributed by atoms with E-state index in [0.29, 0.717) is 10.6 Å². The number of anilines is 1. The van der Waals surface area contributed by atoms with E-state index in [-0.39, 0.29) is 4.90 Å². The minimum Gasteiger partial charge on any atom is -0.375 e. The molecule has 6 heteroatoms. The van der Waals surface area contributed by atoms with Crippen molar-refractivity contribution in [2.24, 2.45) is 0 Å². The molecule has 0 atom stereocenters. The second kappa shape index (κ2) is 3.32. The van der Waals surface area contributed by atoms with Crippen molar-refractivity contribution in [3.63, 3.8) is 0 Å². The van der Waals surface area contributed by atoms with Crippen LogP contribution in [0, 0.1) is 0 Å². The number of fused-ring (bicyclic) bond motifs is 1. The summed E-state index contributed by atoms with van der Waals surface area (Å²) in [6.07, 6.45) is 0. The van der Waals surface area contributed by atoms with Gasteiger partial charge in [-0.25, -0.2) is 13.4 Å². The number of thiazole rings is 1. The van der Waals surface area contributed by atoms with E-state index in [0.717, 1.165) is 10.1 Å². The molecule has 1 aromatic carbocycles. The van der Waals surface area contributed by atoms with Gasteiger partial charge in [0.15, 0.2) is 15.0 Å². The number of hydrogen-bond acceptors (Lipinski definition) is 5. The largest absolute Gasteiger partial charge is 0.375 e. The molecule has 0 radical (unpaired) electrons. The molecule has 2 N–H and O–H groups in total. The summed E-state index contributed by atoms with van der Waals surface area (Å²) < 4.78 is 23.8. The fourth-order valence-corrected chi connectivity index (χ4v) is 2.64.